The third-order valence-electron chi connectivity index (χ3n) is 7.80. The zero-order chi connectivity index (χ0) is 24.7. The van der Waals surface area contributed by atoms with Gasteiger partial charge in [-0.2, -0.15) is 14.8 Å². The maximum Gasteiger partial charge on any atom is 0.291 e. The van der Waals surface area contributed by atoms with Gasteiger partial charge < -0.3 is 14.5 Å². The molecular formula is C25H34ClFN6O3. The summed E-state index contributed by atoms with van der Waals surface area (Å²) >= 11 is 0. The second-order valence-corrected chi connectivity index (χ2v) is 10.0. The van der Waals surface area contributed by atoms with E-state index in [1.54, 1.807) is 11.0 Å². The van der Waals surface area contributed by atoms with Crippen molar-refractivity contribution >= 4 is 29.2 Å². The zero-order valence-corrected chi connectivity index (χ0v) is 21.8. The summed E-state index contributed by atoms with van der Waals surface area (Å²) in [4.78, 5) is 21.0. The molecule has 2 fully saturated rings. The normalized spacial score (nSPS) is 19.9. The van der Waals surface area contributed by atoms with Gasteiger partial charge in [0.25, 0.3) is 11.9 Å². The average molecular weight is 521 g/mol. The van der Waals surface area contributed by atoms with Gasteiger partial charge in [0.2, 0.25) is 5.89 Å². The van der Waals surface area contributed by atoms with Crippen molar-refractivity contribution in [3.63, 3.8) is 0 Å². The molecule has 4 heterocycles. The van der Waals surface area contributed by atoms with E-state index >= 15 is 0 Å². The lowest BCUT2D eigenvalue weighted by molar-refractivity contribution is -0.142. The number of amides is 1. The molecule has 36 heavy (non-hydrogen) atoms. The van der Waals surface area contributed by atoms with Gasteiger partial charge in [0.1, 0.15) is 17.4 Å². The Labute approximate surface area is 216 Å². The van der Waals surface area contributed by atoms with Crippen LogP contribution in [0.25, 0.3) is 16.9 Å². The number of hydrogen-bond acceptors (Lipinski definition) is 7. The number of para-hydroxylation sites is 1. The molecule has 2 aliphatic heterocycles. The van der Waals surface area contributed by atoms with Crippen LogP contribution in [0.3, 0.4) is 0 Å². The Morgan fingerprint density at radius 1 is 1.25 bits per heavy atom. The molecule has 2 aliphatic rings. The van der Waals surface area contributed by atoms with Crippen LogP contribution in [0, 0.1) is 5.82 Å². The van der Waals surface area contributed by atoms with Gasteiger partial charge in [-0.1, -0.05) is 19.1 Å². The van der Waals surface area contributed by atoms with Gasteiger partial charge in [-0.15, -0.1) is 12.4 Å². The highest BCUT2D eigenvalue weighted by molar-refractivity contribution is 5.85. The number of likely N-dealkylation sites (tertiary alicyclic amines) is 2. The summed E-state index contributed by atoms with van der Waals surface area (Å²) in [5.74, 6) is 0.433. The standard InChI is InChI=1S/C25H33FN6O3.ClH/c1-4-20-18-6-5-7-19(26)21(18)32(28-20)24-27-22(35-29-24)17-8-12-31(13-9-17)25(3)10-14-30(15-11-25)23(34)16(2)33;/h5-7,16-17,33H,4,8-15H2,1-3H3;1H/t16-;/m0./s1. The van der Waals surface area contributed by atoms with Crippen LogP contribution in [0.15, 0.2) is 22.7 Å². The van der Waals surface area contributed by atoms with Crippen LogP contribution in [-0.4, -0.2) is 78.6 Å². The van der Waals surface area contributed by atoms with Crippen molar-refractivity contribution < 1.29 is 18.8 Å². The number of rotatable bonds is 5. The Kier molecular flexibility index (Phi) is 7.68. The number of carbonyl (C=O) groups excluding carboxylic acids is 1. The molecule has 11 heteroatoms. The van der Waals surface area contributed by atoms with E-state index in [0.29, 0.717) is 30.9 Å². The van der Waals surface area contributed by atoms with Gasteiger partial charge in [-0.05, 0) is 70.3 Å². The van der Waals surface area contributed by atoms with Crippen LogP contribution < -0.4 is 0 Å². The summed E-state index contributed by atoms with van der Waals surface area (Å²) < 4.78 is 21.7. The quantitative estimate of drug-likeness (QED) is 0.549. The maximum absolute atomic E-state index is 14.6. The molecule has 0 unspecified atom stereocenters. The number of piperidine rings is 2. The summed E-state index contributed by atoms with van der Waals surface area (Å²) in [6, 6.07) is 4.97. The van der Waals surface area contributed by atoms with Crippen molar-refractivity contribution in [2.24, 2.45) is 0 Å². The number of fused-ring (bicyclic) bond motifs is 1. The highest BCUT2D eigenvalue weighted by Crippen LogP contribution is 2.35. The van der Waals surface area contributed by atoms with Gasteiger partial charge in [-0.25, -0.2) is 4.39 Å². The number of carbonyl (C=O) groups is 1. The van der Waals surface area contributed by atoms with Gasteiger partial charge in [-0.3, -0.25) is 9.69 Å². The zero-order valence-electron chi connectivity index (χ0n) is 21.0. The third kappa shape index (κ3) is 4.73. The smallest absolute Gasteiger partial charge is 0.291 e. The lowest BCUT2D eigenvalue weighted by Crippen LogP contribution is -2.57. The van der Waals surface area contributed by atoms with Crippen molar-refractivity contribution in [1.29, 1.82) is 0 Å². The SMILES string of the molecule is CCc1nn(-c2noc(C3CCN(C4(C)CCN(C(=O)[C@H](C)O)CC4)CC3)n2)c2c(F)cccc12.Cl. The molecule has 0 radical (unpaired) electrons. The highest BCUT2D eigenvalue weighted by atomic mass is 35.5. The fourth-order valence-electron chi connectivity index (χ4n) is 5.53. The van der Waals surface area contributed by atoms with Crippen LogP contribution in [0.1, 0.15) is 64.0 Å². The Bertz CT molecular complexity index is 1210. The Hall–Kier alpha value is -2.56. The maximum atomic E-state index is 14.6. The Morgan fingerprint density at radius 3 is 2.58 bits per heavy atom. The minimum absolute atomic E-state index is 0. The molecule has 0 aliphatic carbocycles. The second-order valence-electron chi connectivity index (χ2n) is 10.0. The van der Waals surface area contributed by atoms with Crippen molar-refractivity contribution in [2.45, 2.75) is 70.4 Å². The molecule has 0 spiro atoms. The number of nitrogens with zero attached hydrogens (tertiary/aromatic N) is 6. The topological polar surface area (TPSA) is 101 Å². The predicted octanol–water partition coefficient (Wildman–Crippen LogP) is 3.47. The number of aryl methyl sites for hydroxylation is 1. The molecule has 0 bridgehead atoms. The van der Waals surface area contributed by atoms with Crippen molar-refractivity contribution in [2.75, 3.05) is 26.2 Å². The minimum atomic E-state index is -0.945. The number of halogens is 2. The molecule has 3 aromatic rings. The number of aliphatic hydroxyl groups excluding tert-OH is 1. The molecule has 1 aromatic carbocycles. The van der Waals surface area contributed by atoms with Crippen molar-refractivity contribution in [1.82, 2.24) is 29.7 Å². The van der Waals surface area contributed by atoms with Crippen LogP contribution in [0.4, 0.5) is 4.39 Å². The van der Waals surface area contributed by atoms with Crippen LogP contribution in [0.2, 0.25) is 0 Å². The van der Waals surface area contributed by atoms with E-state index in [4.69, 9.17) is 4.52 Å². The number of benzene rings is 1. The molecule has 1 atom stereocenters. The molecule has 2 aromatic heterocycles. The van der Waals surface area contributed by atoms with Gasteiger partial charge in [0, 0.05) is 29.9 Å². The van der Waals surface area contributed by atoms with Crippen molar-refractivity contribution in [3.8, 4) is 5.95 Å². The molecule has 2 saturated heterocycles. The Balaban J connectivity index is 0.00000304. The molecule has 0 saturated carbocycles. The number of aliphatic hydroxyl groups is 1. The van der Waals surface area contributed by atoms with Gasteiger partial charge in [0.15, 0.2) is 0 Å². The first-order valence-electron chi connectivity index (χ1n) is 12.5. The minimum Gasteiger partial charge on any atom is -0.384 e. The van der Waals surface area contributed by atoms with Gasteiger partial charge >= 0.3 is 0 Å². The van der Waals surface area contributed by atoms with E-state index < -0.39 is 6.10 Å². The lowest BCUT2D eigenvalue weighted by Gasteiger charge is -2.49. The largest absolute Gasteiger partial charge is 0.384 e. The van der Waals surface area contributed by atoms with E-state index in [0.717, 1.165) is 49.9 Å². The first-order chi connectivity index (χ1) is 16.8. The van der Waals surface area contributed by atoms with E-state index in [1.165, 1.54) is 17.7 Å². The molecule has 196 valence electrons. The highest BCUT2D eigenvalue weighted by Gasteiger charge is 2.39. The van der Waals surface area contributed by atoms with E-state index in [9.17, 15) is 14.3 Å². The lowest BCUT2D eigenvalue weighted by atomic mass is 9.84. The molecule has 1 amide bonds. The molecule has 9 nitrogen and oxygen atoms in total. The third-order valence-corrected chi connectivity index (χ3v) is 7.80. The number of aromatic nitrogens is 4. The average Bonchev–Trinajstić information content (AvgIpc) is 3.50. The summed E-state index contributed by atoms with van der Waals surface area (Å²) in [7, 11) is 0. The van der Waals surface area contributed by atoms with Crippen molar-refractivity contribution in [3.05, 3.63) is 35.6 Å². The van der Waals surface area contributed by atoms with Crippen LogP contribution >= 0.6 is 12.4 Å². The fraction of sp³-hybridized carbons (Fsp3) is 0.600. The summed E-state index contributed by atoms with van der Waals surface area (Å²) in [5, 5.41) is 19.1. The first kappa shape index (κ1) is 26.5. The number of hydrogen-bond donors (Lipinski definition) is 1. The summed E-state index contributed by atoms with van der Waals surface area (Å²) in [6.07, 6.45) is 3.29. The fourth-order valence-corrected chi connectivity index (χ4v) is 5.53. The van der Waals surface area contributed by atoms with Crippen LogP contribution in [0.5, 0.6) is 0 Å². The molecule has 1 N–H and O–H groups in total. The second kappa shape index (κ2) is 10.4. The molecular weight excluding hydrogens is 487 g/mol. The van der Waals surface area contributed by atoms with E-state index in [-0.39, 0.29) is 41.5 Å². The molecule has 5 rings (SSSR count). The summed E-state index contributed by atoms with van der Waals surface area (Å²) in [6.45, 7) is 8.93. The van der Waals surface area contributed by atoms with E-state index in [2.05, 4.69) is 27.1 Å². The predicted molar refractivity (Wildman–Crippen MR) is 135 cm³/mol. The monoisotopic (exact) mass is 520 g/mol. The van der Waals surface area contributed by atoms with E-state index in [1.807, 2.05) is 13.0 Å². The summed E-state index contributed by atoms with van der Waals surface area (Å²) in [5.41, 5.74) is 1.20. The van der Waals surface area contributed by atoms with Crippen LogP contribution in [-0.2, 0) is 11.2 Å². The first-order valence-corrected chi connectivity index (χ1v) is 12.5. The van der Waals surface area contributed by atoms with Gasteiger partial charge in [0.05, 0.1) is 5.69 Å². The Morgan fingerprint density at radius 2 is 1.94 bits per heavy atom.